The zero-order valence-electron chi connectivity index (χ0n) is 10.1. The Labute approximate surface area is 104 Å². The van der Waals surface area contributed by atoms with Crippen LogP contribution in [0.5, 0.6) is 5.75 Å². The molecule has 0 aromatic heterocycles. The summed E-state index contributed by atoms with van der Waals surface area (Å²) >= 11 is 0. The summed E-state index contributed by atoms with van der Waals surface area (Å²) in [6, 6.07) is 3.87. The topological polar surface area (TPSA) is 49.3 Å². The predicted molar refractivity (Wildman–Crippen MR) is 68.0 cm³/mol. The number of halogens is 1. The average Bonchev–Trinajstić information content (AvgIpc) is 2.28. The van der Waals surface area contributed by atoms with Gasteiger partial charge in [0.05, 0.1) is 0 Å². The van der Waals surface area contributed by atoms with Gasteiger partial charge < -0.3 is 10.4 Å². The SMILES string of the molecule is CCS(=O)CCNC(C)c1ccc(F)cc1O. The smallest absolute Gasteiger partial charge is 0.126 e. The highest BCUT2D eigenvalue weighted by molar-refractivity contribution is 7.84. The lowest BCUT2D eigenvalue weighted by atomic mass is 10.1. The Bertz CT molecular complexity index is 398. The van der Waals surface area contributed by atoms with E-state index in [1.165, 1.54) is 6.07 Å². The molecule has 0 saturated heterocycles. The first-order valence-corrected chi connectivity index (χ1v) is 7.10. The molecular weight excluding hydrogens is 241 g/mol. The standard InChI is InChI=1S/C12H18FNO2S/c1-3-17(16)7-6-14-9(2)11-5-4-10(13)8-12(11)15/h4-5,8-9,14-15H,3,6-7H2,1-2H3. The summed E-state index contributed by atoms with van der Waals surface area (Å²) in [5.74, 6) is 0.729. The predicted octanol–water partition coefficient (Wildman–Crippen LogP) is 1.95. The van der Waals surface area contributed by atoms with Crippen LogP contribution in [-0.4, -0.2) is 27.4 Å². The van der Waals surface area contributed by atoms with Crippen LogP contribution in [0.1, 0.15) is 25.5 Å². The lowest BCUT2D eigenvalue weighted by molar-refractivity contribution is 0.449. The van der Waals surface area contributed by atoms with Crippen molar-refractivity contribution in [3.63, 3.8) is 0 Å². The lowest BCUT2D eigenvalue weighted by Crippen LogP contribution is -2.24. The Morgan fingerprint density at radius 2 is 2.24 bits per heavy atom. The minimum atomic E-state index is -0.794. The molecule has 0 amide bonds. The van der Waals surface area contributed by atoms with Crippen LogP contribution >= 0.6 is 0 Å². The molecular formula is C12H18FNO2S. The van der Waals surface area contributed by atoms with Crippen LogP contribution in [0.3, 0.4) is 0 Å². The second-order valence-electron chi connectivity index (χ2n) is 3.81. The van der Waals surface area contributed by atoms with E-state index >= 15 is 0 Å². The summed E-state index contributed by atoms with van der Waals surface area (Å²) in [6.07, 6.45) is 0. The fourth-order valence-electron chi connectivity index (χ4n) is 1.53. The molecule has 0 heterocycles. The molecule has 0 saturated carbocycles. The van der Waals surface area contributed by atoms with E-state index < -0.39 is 16.6 Å². The van der Waals surface area contributed by atoms with Crippen molar-refractivity contribution < 1.29 is 13.7 Å². The van der Waals surface area contributed by atoms with E-state index in [-0.39, 0.29) is 11.8 Å². The van der Waals surface area contributed by atoms with Crippen molar-refractivity contribution in [1.82, 2.24) is 5.32 Å². The fourth-order valence-corrected chi connectivity index (χ4v) is 2.16. The van der Waals surface area contributed by atoms with Crippen molar-refractivity contribution in [2.45, 2.75) is 19.9 Å². The molecule has 96 valence electrons. The number of phenols is 1. The largest absolute Gasteiger partial charge is 0.508 e. The van der Waals surface area contributed by atoms with Crippen molar-refractivity contribution in [2.24, 2.45) is 0 Å². The maximum absolute atomic E-state index is 12.8. The van der Waals surface area contributed by atoms with Crippen molar-refractivity contribution in [3.8, 4) is 5.75 Å². The summed E-state index contributed by atoms with van der Waals surface area (Å²) in [5, 5.41) is 12.7. The first kappa shape index (κ1) is 14.1. The number of aromatic hydroxyl groups is 1. The minimum absolute atomic E-state index is 0.0541. The molecule has 1 aromatic carbocycles. The second-order valence-corrected chi connectivity index (χ2v) is 5.68. The van der Waals surface area contributed by atoms with E-state index in [0.717, 1.165) is 6.07 Å². The first-order valence-electron chi connectivity index (χ1n) is 5.61. The van der Waals surface area contributed by atoms with E-state index in [0.29, 0.717) is 23.6 Å². The highest BCUT2D eigenvalue weighted by atomic mass is 32.2. The van der Waals surface area contributed by atoms with Gasteiger partial charge in [-0.05, 0) is 13.0 Å². The summed E-state index contributed by atoms with van der Waals surface area (Å²) in [7, 11) is -0.794. The van der Waals surface area contributed by atoms with Crippen molar-refractivity contribution >= 4 is 10.8 Å². The van der Waals surface area contributed by atoms with Crippen LogP contribution in [-0.2, 0) is 10.8 Å². The van der Waals surface area contributed by atoms with Gasteiger partial charge in [-0.15, -0.1) is 0 Å². The molecule has 5 heteroatoms. The number of nitrogens with one attached hydrogen (secondary N) is 1. The Morgan fingerprint density at radius 3 is 2.82 bits per heavy atom. The molecule has 2 N–H and O–H groups in total. The van der Waals surface area contributed by atoms with E-state index in [2.05, 4.69) is 5.32 Å². The third-order valence-electron chi connectivity index (χ3n) is 2.56. The van der Waals surface area contributed by atoms with Crippen molar-refractivity contribution in [3.05, 3.63) is 29.6 Å². The van der Waals surface area contributed by atoms with Crippen LogP contribution < -0.4 is 5.32 Å². The van der Waals surface area contributed by atoms with E-state index in [1.54, 1.807) is 6.07 Å². The minimum Gasteiger partial charge on any atom is -0.508 e. The van der Waals surface area contributed by atoms with Gasteiger partial charge in [-0.25, -0.2) is 4.39 Å². The van der Waals surface area contributed by atoms with Gasteiger partial charge in [-0.1, -0.05) is 13.0 Å². The highest BCUT2D eigenvalue weighted by Gasteiger charge is 2.10. The molecule has 0 aliphatic rings. The number of benzene rings is 1. The van der Waals surface area contributed by atoms with Crippen LogP contribution in [0.4, 0.5) is 4.39 Å². The number of phenolic OH excluding ortho intramolecular Hbond substituents is 1. The molecule has 0 spiro atoms. The van der Waals surface area contributed by atoms with E-state index in [4.69, 9.17) is 0 Å². The monoisotopic (exact) mass is 259 g/mol. The van der Waals surface area contributed by atoms with Gasteiger partial charge in [0.15, 0.2) is 0 Å². The van der Waals surface area contributed by atoms with E-state index in [9.17, 15) is 13.7 Å². The van der Waals surface area contributed by atoms with Crippen LogP contribution in [0.25, 0.3) is 0 Å². The third kappa shape index (κ3) is 4.44. The van der Waals surface area contributed by atoms with Gasteiger partial charge in [-0.3, -0.25) is 4.21 Å². The molecule has 0 bridgehead atoms. The molecule has 0 fully saturated rings. The van der Waals surface area contributed by atoms with Crippen molar-refractivity contribution in [1.29, 1.82) is 0 Å². The molecule has 2 unspecified atom stereocenters. The first-order chi connectivity index (χ1) is 8.04. The number of hydrogen-bond donors (Lipinski definition) is 2. The molecule has 2 atom stereocenters. The summed E-state index contributed by atoms with van der Waals surface area (Å²) in [4.78, 5) is 0. The van der Waals surface area contributed by atoms with Gasteiger partial charge in [0.1, 0.15) is 11.6 Å². The van der Waals surface area contributed by atoms with Crippen molar-refractivity contribution in [2.75, 3.05) is 18.1 Å². The maximum atomic E-state index is 12.8. The molecule has 1 aromatic rings. The number of rotatable bonds is 6. The van der Waals surface area contributed by atoms with Gasteiger partial charge in [0, 0.05) is 46.5 Å². The normalized spacial score (nSPS) is 14.5. The van der Waals surface area contributed by atoms with Gasteiger partial charge >= 0.3 is 0 Å². The molecule has 0 aliphatic heterocycles. The van der Waals surface area contributed by atoms with Crippen LogP contribution in [0.15, 0.2) is 18.2 Å². The summed E-state index contributed by atoms with van der Waals surface area (Å²) < 4.78 is 24.0. The summed E-state index contributed by atoms with van der Waals surface area (Å²) in [5.41, 5.74) is 0.647. The van der Waals surface area contributed by atoms with Crippen LogP contribution in [0.2, 0.25) is 0 Å². The Kier molecular flexibility index (Phi) is 5.58. The Morgan fingerprint density at radius 1 is 1.53 bits per heavy atom. The second kappa shape index (κ2) is 6.71. The maximum Gasteiger partial charge on any atom is 0.126 e. The fraction of sp³-hybridized carbons (Fsp3) is 0.500. The zero-order chi connectivity index (χ0) is 12.8. The number of hydrogen-bond acceptors (Lipinski definition) is 3. The van der Waals surface area contributed by atoms with Crippen LogP contribution in [0, 0.1) is 5.82 Å². The highest BCUT2D eigenvalue weighted by Crippen LogP contribution is 2.24. The molecule has 0 radical (unpaired) electrons. The Hall–Kier alpha value is -0.940. The molecule has 17 heavy (non-hydrogen) atoms. The molecule has 1 rings (SSSR count). The average molecular weight is 259 g/mol. The molecule has 0 aliphatic carbocycles. The molecule has 3 nitrogen and oxygen atoms in total. The lowest BCUT2D eigenvalue weighted by Gasteiger charge is -2.15. The van der Waals surface area contributed by atoms with Gasteiger partial charge in [-0.2, -0.15) is 0 Å². The third-order valence-corrected chi connectivity index (χ3v) is 3.86. The van der Waals surface area contributed by atoms with Gasteiger partial charge in [0.2, 0.25) is 0 Å². The van der Waals surface area contributed by atoms with Gasteiger partial charge in [0.25, 0.3) is 0 Å². The van der Waals surface area contributed by atoms with E-state index in [1.807, 2.05) is 13.8 Å². The summed E-state index contributed by atoms with van der Waals surface area (Å²) in [6.45, 7) is 4.37. The quantitative estimate of drug-likeness (QED) is 0.821. The zero-order valence-corrected chi connectivity index (χ0v) is 10.9. The Balaban J connectivity index is 2.52.